The Hall–Kier alpha value is -0.960. The van der Waals surface area contributed by atoms with Gasteiger partial charge in [0, 0.05) is 12.0 Å². The lowest BCUT2D eigenvalue weighted by molar-refractivity contribution is -0.132. The smallest absolute Gasteiger partial charge is 0.172 e. The minimum Gasteiger partial charge on any atom is -0.377 e. The molecule has 1 aliphatic carbocycles. The van der Waals surface area contributed by atoms with Crippen LogP contribution in [0.5, 0.6) is 0 Å². The molecule has 0 amide bonds. The molecule has 0 spiro atoms. The summed E-state index contributed by atoms with van der Waals surface area (Å²) >= 11 is 0. The van der Waals surface area contributed by atoms with E-state index in [-0.39, 0.29) is 23.6 Å². The van der Waals surface area contributed by atoms with Gasteiger partial charge in [0.05, 0.1) is 0 Å². The largest absolute Gasteiger partial charge is 0.377 e. The van der Waals surface area contributed by atoms with Gasteiger partial charge in [0.2, 0.25) is 0 Å². The zero-order chi connectivity index (χ0) is 8.65. The third kappa shape index (κ3) is 1.12. The predicted octanol–water partition coefficient (Wildman–Crippen LogP) is 0.226. The average Bonchev–Trinajstić information content (AvgIpc) is 2.08. The molecule has 0 fully saturated rings. The van der Waals surface area contributed by atoms with E-state index in [1.165, 1.54) is 19.9 Å². The topological polar surface area (TPSA) is 54.4 Å². The van der Waals surface area contributed by atoms with Crippen molar-refractivity contribution < 1.29 is 14.7 Å². The quantitative estimate of drug-likeness (QED) is 0.588. The number of aliphatic hydroxyl groups is 1. The number of carbonyl (C=O) groups excluding carboxylic acids is 2. The van der Waals surface area contributed by atoms with Crippen LogP contribution in [-0.4, -0.2) is 22.3 Å². The van der Waals surface area contributed by atoms with Crippen molar-refractivity contribution >= 4 is 11.6 Å². The van der Waals surface area contributed by atoms with Gasteiger partial charge in [0.25, 0.3) is 0 Å². The van der Waals surface area contributed by atoms with Crippen molar-refractivity contribution in [3.05, 3.63) is 11.6 Å². The van der Waals surface area contributed by atoms with Crippen LogP contribution in [0.3, 0.4) is 0 Å². The highest BCUT2D eigenvalue weighted by molar-refractivity contribution is 6.08. The fraction of sp³-hybridized carbons (Fsp3) is 0.500. The molecule has 1 atom stereocenters. The van der Waals surface area contributed by atoms with Crippen LogP contribution in [0.4, 0.5) is 0 Å². The summed E-state index contributed by atoms with van der Waals surface area (Å²) in [5.41, 5.74) is -1.31. The molecule has 0 bridgehead atoms. The summed E-state index contributed by atoms with van der Waals surface area (Å²) in [5.74, 6) is -0.538. The summed E-state index contributed by atoms with van der Waals surface area (Å²) in [6.07, 6.45) is 1.66. The number of hydrogen-bond donors (Lipinski definition) is 1. The van der Waals surface area contributed by atoms with E-state index >= 15 is 0 Å². The van der Waals surface area contributed by atoms with Gasteiger partial charge in [-0.3, -0.25) is 9.59 Å². The van der Waals surface area contributed by atoms with Crippen LogP contribution in [-0.2, 0) is 9.59 Å². The van der Waals surface area contributed by atoms with Crippen molar-refractivity contribution in [2.75, 3.05) is 0 Å². The second-order valence-corrected chi connectivity index (χ2v) is 2.87. The van der Waals surface area contributed by atoms with Crippen LogP contribution in [0.15, 0.2) is 11.6 Å². The predicted molar refractivity (Wildman–Crippen MR) is 39.0 cm³/mol. The lowest BCUT2D eigenvalue weighted by atomic mass is 9.95. The van der Waals surface area contributed by atoms with Gasteiger partial charge in [-0.1, -0.05) is 6.08 Å². The molecule has 3 heteroatoms. The maximum atomic E-state index is 11.0. The number of hydrogen-bond acceptors (Lipinski definition) is 3. The fourth-order valence-electron chi connectivity index (χ4n) is 1.23. The molecule has 0 aromatic heterocycles. The summed E-state index contributed by atoms with van der Waals surface area (Å²) in [4.78, 5) is 21.8. The molecule has 0 aromatic carbocycles. The first-order valence-electron chi connectivity index (χ1n) is 3.43. The van der Waals surface area contributed by atoms with Crippen molar-refractivity contribution in [2.45, 2.75) is 25.9 Å². The van der Waals surface area contributed by atoms with Gasteiger partial charge in [0.15, 0.2) is 11.6 Å². The van der Waals surface area contributed by atoms with Gasteiger partial charge in [-0.25, -0.2) is 0 Å². The minimum absolute atomic E-state index is 0.169. The fourth-order valence-corrected chi connectivity index (χ4v) is 1.23. The third-order valence-electron chi connectivity index (χ3n) is 1.94. The van der Waals surface area contributed by atoms with E-state index in [1.54, 1.807) is 0 Å². The Balaban J connectivity index is 3.01. The molecule has 0 heterocycles. The molecular formula is C8H10O3. The van der Waals surface area contributed by atoms with Crippen LogP contribution in [0, 0.1) is 0 Å². The Morgan fingerprint density at radius 2 is 2.27 bits per heavy atom. The maximum Gasteiger partial charge on any atom is 0.172 e. The van der Waals surface area contributed by atoms with E-state index in [2.05, 4.69) is 0 Å². The van der Waals surface area contributed by atoms with Gasteiger partial charge in [-0.05, 0) is 13.8 Å². The van der Waals surface area contributed by atoms with Crippen LogP contribution in [0.1, 0.15) is 20.3 Å². The van der Waals surface area contributed by atoms with Gasteiger partial charge in [-0.2, -0.15) is 0 Å². The van der Waals surface area contributed by atoms with Crippen molar-refractivity contribution in [3.8, 4) is 0 Å². The molecule has 60 valence electrons. The highest BCUT2D eigenvalue weighted by Gasteiger charge is 2.40. The summed E-state index contributed by atoms with van der Waals surface area (Å²) in [6.45, 7) is 2.70. The first-order valence-corrected chi connectivity index (χ1v) is 3.43. The van der Waals surface area contributed by atoms with Crippen LogP contribution in [0.25, 0.3) is 0 Å². The summed E-state index contributed by atoms with van der Waals surface area (Å²) in [7, 11) is 0. The maximum absolute atomic E-state index is 11.0. The van der Waals surface area contributed by atoms with E-state index < -0.39 is 5.60 Å². The second kappa shape index (κ2) is 2.27. The summed E-state index contributed by atoms with van der Waals surface area (Å²) < 4.78 is 0. The number of carbonyl (C=O) groups is 2. The molecule has 11 heavy (non-hydrogen) atoms. The normalized spacial score (nSPS) is 30.5. The van der Waals surface area contributed by atoms with Crippen LogP contribution in [0.2, 0.25) is 0 Å². The van der Waals surface area contributed by atoms with Gasteiger partial charge >= 0.3 is 0 Å². The SMILES string of the molecule is CC(=O)C1=CCC(=O)C1(C)O. The van der Waals surface area contributed by atoms with Crippen molar-refractivity contribution in [1.82, 2.24) is 0 Å². The zero-order valence-corrected chi connectivity index (χ0v) is 6.55. The Bertz CT molecular complexity index is 248. The van der Waals surface area contributed by atoms with Crippen molar-refractivity contribution in [1.29, 1.82) is 0 Å². The molecular weight excluding hydrogens is 144 g/mol. The molecule has 3 nitrogen and oxygen atoms in total. The lowest BCUT2D eigenvalue weighted by Crippen LogP contribution is -2.35. The molecule has 1 unspecified atom stereocenters. The summed E-state index contributed by atoms with van der Waals surface area (Å²) in [5, 5.41) is 9.45. The van der Waals surface area contributed by atoms with E-state index in [4.69, 9.17) is 0 Å². The van der Waals surface area contributed by atoms with Gasteiger partial charge in [0.1, 0.15) is 5.60 Å². The monoisotopic (exact) mass is 154 g/mol. The molecule has 0 aromatic rings. The van der Waals surface area contributed by atoms with E-state index in [9.17, 15) is 14.7 Å². The van der Waals surface area contributed by atoms with Crippen molar-refractivity contribution in [3.63, 3.8) is 0 Å². The van der Waals surface area contributed by atoms with Crippen LogP contribution >= 0.6 is 0 Å². The average molecular weight is 154 g/mol. The van der Waals surface area contributed by atoms with E-state index in [0.717, 1.165) is 0 Å². The zero-order valence-electron chi connectivity index (χ0n) is 6.55. The first kappa shape index (κ1) is 8.14. The molecule has 1 N–H and O–H groups in total. The second-order valence-electron chi connectivity index (χ2n) is 2.87. The number of rotatable bonds is 1. The molecule has 0 radical (unpaired) electrons. The minimum atomic E-state index is -1.54. The van der Waals surface area contributed by atoms with Crippen LogP contribution < -0.4 is 0 Å². The molecule has 1 aliphatic rings. The number of allylic oxidation sites excluding steroid dienone is 1. The highest BCUT2D eigenvalue weighted by atomic mass is 16.3. The Morgan fingerprint density at radius 1 is 1.73 bits per heavy atom. The Kier molecular flexibility index (Phi) is 1.68. The van der Waals surface area contributed by atoms with E-state index in [0.29, 0.717) is 0 Å². The van der Waals surface area contributed by atoms with Gasteiger partial charge < -0.3 is 5.11 Å². The highest BCUT2D eigenvalue weighted by Crippen LogP contribution is 2.26. The first-order chi connectivity index (χ1) is 4.96. The van der Waals surface area contributed by atoms with E-state index in [1.807, 2.05) is 0 Å². The van der Waals surface area contributed by atoms with Gasteiger partial charge in [-0.15, -0.1) is 0 Å². The molecule has 0 saturated heterocycles. The van der Waals surface area contributed by atoms with Crippen molar-refractivity contribution in [2.24, 2.45) is 0 Å². The third-order valence-corrected chi connectivity index (χ3v) is 1.94. The molecule has 0 saturated carbocycles. The number of ketones is 2. The summed E-state index contributed by atoms with van der Waals surface area (Å²) in [6, 6.07) is 0. The lowest BCUT2D eigenvalue weighted by Gasteiger charge is -2.16. The number of Topliss-reactive ketones (excluding diaryl/α,β-unsaturated/α-hetero) is 2. The Labute approximate surface area is 64.7 Å². The standard InChI is InChI=1S/C8H10O3/c1-5(9)6-3-4-7(10)8(6,2)11/h3,11H,4H2,1-2H3. The Morgan fingerprint density at radius 3 is 2.45 bits per heavy atom. The molecule has 1 rings (SSSR count). The molecule has 0 aliphatic heterocycles.